The molecule has 0 atom stereocenters. The van der Waals surface area contributed by atoms with Gasteiger partial charge in [0, 0.05) is 24.8 Å². The Morgan fingerprint density at radius 2 is 1.64 bits per heavy atom. The van der Waals surface area contributed by atoms with E-state index in [0.717, 1.165) is 37.2 Å². The number of amides is 1. The normalized spacial score (nSPS) is 16.4. The molecule has 2 aliphatic heterocycles. The molecule has 6 nitrogen and oxygen atoms in total. The Morgan fingerprint density at radius 1 is 1.03 bits per heavy atom. The Kier molecular flexibility index (Phi) is 12.1. The van der Waals surface area contributed by atoms with Crippen molar-refractivity contribution in [2.45, 2.75) is 83.7 Å². The van der Waals surface area contributed by atoms with Gasteiger partial charge in [-0.05, 0) is 24.5 Å². The molecule has 0 N–H and O–H groups in total. The summed E-state index contributed by atoms with van der Waals surface area (Å²) in [5.74, 6) is -2.40. The van der Waals surface area contributed by atoms with E-state index in [1.807, 2.05) is 0 Å². The predicted octanol–water partition coefficient (Wildman–Crippen LogP) is 2.49. The van der Waals surface area contributed by atoms with Crippen LogP contribution in [0.2, 0.25) is 0 Å². The Hall–Kier alpha value is -1.71. The molecule has 1 amide bonds. The van der Waals surface area contributed by atoms with Crippen molar-refractivity contribution >= 4 is 23.1 Å². The molecule has 0 saturated heterocycles. The molecule has 3 rings (SSSR count). The number of carbonyl (C=O) groups is 1. The topological polar surface area (TPSA) is 68.2 Å². The zero-order chi connectivity index (χ0) is 25.4. The van der Waals surface area contributed by atoms with Crippen molar-refractivity contribution in [1.29, 1.82) is 0 Å². The number of aliphatic imine (C=N–C) groups is 1. The van der Waals surface area contributed by atoms with Crippen molar-refractivity contribution in [2.75, 3.05) is 30.0 Å². The van der Waals surface area contributed by atoms with E-state index in [4.69, 9.17) is 4.74 Å². The van der Waals surface area contributed by atoms with E-state index < -0.39 is 23.6 Å². The first-order valence-electron chi connectivity index (χ1n) is 12.6. The number of ether oxygens (including phenoxy) is 1. The number of nitrogens with zero attached hydrogens (tertiary/aromatic N) is 3. The number of hydrogen-bond donors (Lipinski definition) is 0. The molecule has 0 bridgehead atoms. The third-order valence-electron chi connectivity index (χ3n) is 6.62. The Bertz CT molecular complexity index is 950. The molecule has 0 aliphatic carbocycles. The van der Waals surface area contributed by atoms with Gasteiger partial charge >= 0.3 is 35.7 Å². The largest absolute Gasteiger partial charge is 1.00 e. The van der Waals surface area contributed by atoms with Crippen molar-refractivity contribution in [3.05, 3.63) is 29.7 Å². The van der Waals surface area contributed by atoms with Gasteiger partial charge in [0.05, 0.1) is 12.8 Å². The molecular weight excluding hydrogens is 482 g/mol. The second kappa shape index (κ2) is 14.3. The van der Waals surface area contributed by atoms with E-state index in [0.29, 0.717) is 11.3 Å². The maximum atomic E-state index is 13.6. The number of unbranched alkanes of at least 4 members (excludes halogenated alkanes) is 9. The average Bonchev–Trinajstić information content (AvgIpc) is 3.39. The van der Waals surface area contributed by atoms with Crippen molar-refractivity contribution in [3.8, 4) is 5.75 Å². The van der Waals surface area contributed by atoms with E-state index in [1.165, 1.54) is 58.5 Å². The molecule has 0 radical (unpaired) electrons. The molecule has 0 fully saturated rings. The smallest absolute Gasteiger partial charge is 0.876 e. The van der Waals surface area contributed by atoms with E-state index in [9.17, 15) is 23.1 Å². The predicted molar refractivity (Wildman–Crippen MR) is 130 cm³/mol. The quantitative estimate of drug-likeness (QED) is 0.175. The SMILES string of the molecule is CCCCCCCCCCCCN1CCc2cc(N3C(=O)/C(=C\[O-])N=C3C(F)(F)F)c(OC)cc21.[Na+]. The maximum absolute atomic E-state index is 13.6. The number of methoxy groups -OCH3 is 1. The summed E-state index contributed by atoms with van der Waals surface area (Å²) in [6, 6.07) is 3.24. The molecule has 36 heavy (non-hydrogen) atoms. The Balaban J connectivity index is 0.00000456. The number of amidine groups is 1. The van der Waals surface area contributed by atoms with E-state index in [-0.39, 0.29) is 47.3 Å². The molecule has 1 aromatic carbocycles. The summed E-state index contributed by atoms with van der Waals surface area (Å²) in [6.07, 6.45) is 8.34. The summed E-state index contributed by atoms with van der Waals surface area (Å²) in [6.45, 7) is 3.86. The maximum Gasteiger partial charge on any atom is 1.00 e. The number of hydrogen-bond acceptors (Lipinski definition) is 5. The molecular formula is C26H35F3N3NaO3. The fourth-order valence-electron chi connectivity index (χ4n) is 4.75. The van der Waals surface area contributed by atoms with Crippen molar-refractivity contribution in [3.63, 3.8) is 0 Å². The fraction of sp³-hybridized carbons (Fsp3) is 0.615. The third-order valence-corrected chi connectivity index (χ3v) is 6.62. The zero-order valence-corrected chi connectivity index (χ0v) is 23.6. The van der Waals surface area contributed by atoms with Crippen LogP contribution in [0.15, 0.2) is 29.1 Å². The van der Waals surface area contributed by atoms with Crippen LogP contribution in [0, 0.1) is 0 Å². The fourth-order valence-corrected chi connectivity index (χ4v) is 4.75. The standard InChI is InChI=1S/C26H36F3N3O3.Na/c1-3-4-5-6-7-8-9-10-11-12-14-31-15-13-19-16-22(23(35-2)17-21(19)31)32-24(34)20(18-33)30-25(32)26(27,28)29;/h16-18,33H,3-15H2,1-2H3;/q;+1/p-1/b20-18+;. The second-order valence-corrected chi connectivity index (χ2v) is 9.15. The Labute approximate surface area is 233 Å². The van der Waals surface area contributed by atoms with Gasteiger partial charge in [0.15, 0.2) is 0 Å². The van der Waals surface area contributed by atoms with E-state index >= 15 is 0 Å². The zero-order valence-electron chi connectivity index (χ0n) is 21.6. The van der Waals surface area contributed by atoms with Crippen LogP contribution in [-0.2, 0) is 11.2 Å². The summed E-state index contributed by atoms with van der Waals surface area (Å²) >= 11 is 0. The van der Waals surface area contributed by atoms with Crippen LogP contribution in [0.4, 0.5) is 24.5 Å². The molecule has 0 aromatic heterocycles. The molecule has 1 aromatic rings. The van der Waals surface area contributed by atoms with E-state index in [2.05, 4.69) is 16.8 Å². The summed E-state index contributed by atoms with van der Waals surface area (Å²) < 4.78 is 46.1. The number of halogens is 3. The third kappa shape index (κ3) is 7.42. The average molecular weight is 518 g/mol. The van der Waals surface area contributed by atoms with Gasteiger partial charge in [-0.3, -0.25) is 9.69 Å². The second-order valence-electron chi connectivity index (χ2n) is 9.15. The number of anilines is 2. The van der Waals surface area contributed by atoms with Gasteiger partial charge in [0.25, 0.3) is 5.91 Å². The summed E-state index contributed by atoms with van der Waals surface area (Å²) in [5.41, 5.74) is 0.937. The van der Waals surface area contributed by atoms with Gasteiger partial charge in [0.2, 0.25) is 5.84 Å². The molecule has 0 unspecified atom stereocenters. The van der Waals surface area contributed by atoms with Crippen LogP contribution in [0.25, 0.3) is 0 Å². The van der Waals surface area contributed by atoms with Gasteiger partial charge in [-0.1, -0.05) is 64.7 Å². The molecule has 0 spiro atoms. The first-order valence-corrected chi connectivity index (χ1v) is 12.6. The first-order chi connectivity index (χ1) is 16.8. The van der Waals surface area contributed by atoms with Crippen LogP contribution in [0.5, 0.6) is 5.75 Å². The molecule has 2 aliphatic rings. The monoisotopic (exact) mass is 517 g/mol. The van der Waals surface area contributed by atoms with Crippen LogP contribution in [-0.4, -0.2) is 38.1 Å². The van der Waals surface area contributed by atoms with Crippen LogP contribution >= 0.6 is 0 Å². The minimum Gasteiger partial charge on any atom is -0.876 e. The van der Waals surface area contributed by atoms with Gasteiger partial charge < -0.3 is 14.7 Å². The number of fused-ring (bicyclic) bond motifs is 1. The van der Waals surface area contributed by atoms with Gasteiger partial charge in [-0.25, -0.2) is 4.99 Å². The van der Waals surface area contributed by atoms with Gasteiger partial charge in [0.1, 0.15) is 11.4 Å². The molecule has 0 saturated carbocycles. The van der Waals surface area contributed by atoms with Crippen molar-refractivity contribution < 1.29 is 57.4 Å². The first kappa shape index (κ1) is 30.5. The number of alkyl halides is 3. The number of rotatable bonds is 13. The summed E-state index contributed by atoms with van der Waals surface area (Å²) in [4.78, 5) is 18.4. The van der Waals surface area contributed by atoms with Crippen LogP contribution in [0.3, 0.4) is 0 Å². The number of benzene rings is 1. The molecule has 194 valence electrons. The molecule has 2 heterocycles. The number of carbonyl (C=O) groups excluding carboxylic acids is 1. The van der Waals surface area contributed by atoms with Crippen LogP contribution in [0.1, 0.15) is 76.7 Å². The molecule has 10 heteroatoms. The summed E-state index contributed by atoms with van der Waals surface area (Å²) in [5, 5.41) is 11.1. The van der Waals surface area contributed by atoms with Crippen LogP contribution < -0.4 is 49.2 Å². The van der Waals surface area contributed by atoms with Gasteiger partial charge in [-0.15, -0.1) is 6.26 Å². The summed E-state index contributed by atoms with van der Waals surface area (Å²) in [7, 11) is 1.35. The van der Waals surface area contributed by atoms with Crippen molar-refractivity contribution in [1.82, 2.24) is 0 Å². The van der Waals surface area contributed by atoms with Gasteiger partial charge in [-0.2, -0.15) is 13.2 Å². The minimum atomic E-state index is -4.90. The Morgan fingerprint density at radius 3 is 2.19 bits per heavy atom. The van der Waals surface area contributed by atoms with E-state index in [1.54, 1.807) is 12.1 Å². The van der Waals surface area contributed by atoms with Crippen molar-refractivity contribution in [2.24, 2.45) is 4.99 Å². The minimum absolute atomic E-state index is 0.